The molecule has 1 aromatic heterocycles. The first-order valence-corrected chi connectivity index (χ1v) is 7.57. The Hall–Kier alpha value is -2.11. The van der Waals surface area contributed by atoms with Crippen LogP contribution in [0.2, 0.25) is 0 Å². The highest BCUT2D eigenvalue weighted by atomic mass is 35.5. The number of H-pyrrole nitrogens is 1. The number of hydrogen-bond acceptors (Lipinski definition) is 3. The van der Waals surface area contributed by atoms with Crippen molar-refractivity contribution in [2.75, 3.05) is 20.1 Å². The van der Waals surface area contributed by atoms with Crippen LogP contribution in [0.5, 0.6) is 0 Å². The summed E-state index contributed by atoms with van der Waals surface area (Å²) in [5.74, 6) is -0.143. The van der Waals surface area contributed by atoms with E-state index >= 15 is 0 Å². The summed E-state index contributed by atoms with van der Waals surface area (Å²) >= 11 is 0. The van der Waals surface area contributed by atoms with E-state index in [9.17, 15) is 9.59 Å². The van der Waals surface area contributed by atoms with Crippen LogP contribution in [-0.2, 0) is 0 Å². The Morgan fingerprint density at radius 2 is 1.67 bits per heavy atom. The zero-order chi connectivity index (χ0) is 17.0. The molecule has 6 heteroatoms. The van der Waals surface area contributed by atoms with E-state index < -0.39 is 0 Å². The van der Waals surface area contributed by atoms with Gasteiger partial charge in [-0.1, -0.05) is 26.0 Å². The van der Waals surface area contributed by atoms with E-state index in [4.69, 9.17) is 5.73 Å². The maximum absolute atomic E-state index is 12.4. The molecule has 24 heavy (non-hydrogen) atoms. The first kappa shape index (κ1) is 19.9. The normalized spacial score (nSPS) is 10.8. The summed E-state index contributed by atoms with van der Waals surface area (Å²) in [6.07, 6.45) is 3.36. The molecular weight excluding hydrogens is 326 g/mol. The Balaban J connectivity index is 0.00000288. The number of aromatic nitrogens is 1. The topological polar surface area (TPSA) is 79.2 Å². The van der Waals surface area contributed by atoms with Crippen LogP contribution in [0.4, 0.5) is 0 Å². The lowest BCUT2D eigenvalue weighted by Crippen LogP contribution is -2.39. The lowest BCUT2D eigenvalue weighted by atomic mass is 9.93. The van der Waals surface area contributed by atoms with Crippen molar-refractivity contribution in [1.29, 1.82) is 0 Å². The maximum atomic E-state index is 12.4. The molecular formula is C18H24ClN3O2. The molecule has 0 bridgehead atoms. The second kappa shape index (κ2) is 8.13. The molecule has 0 radical (unpaired) electrons. The monoisotopic (exact) mass is 349 g/mol. The number of carbonyl (C=O) groups excluding carboxylic acids is 2. The minimum atomic E-state index is -0.130. The van der Waals surface area contributed by atoms with E-state index in [-0.39, 0.29) is 29.5 Å². The van der Waals surface area contributed by atoms with Crippen molar-refractivity contribution >= 4 is 24.1 Å². The van der Waals surface area contributed by atoms with E-state index in [0.717, 1.165) is 0 Å². The number of ketones is 1. The van der Waals surface area contributed by atoms with E-state index in [0.29, 0.717) is 29.8 Å². The second-order valence-electron chi connectivity index (χ2n) is 6.54. The Morgan fingerprint density at radius 3 is 2.17 bits per heavy atom. The highest BCUT2D eigenvalue weighted by Crippen LogP contribution is 2.17. The molecule has 1 aromatic carbocycles. The molecule has 5 nitrogen and oxygen atoms in total. The third-order valence-electron chi connectivity index (χ3n) is 3.82. The summed E-state index contributed by atoms with van der Waals surface area (Å²) in [5.41, 5.74) is 7.31. The van der Waals surface area contributed by atoms with Crippen molar-refractivity contribution in [3.8, 4) is 0 Å². The van der Waals surface area contributed by atoms with Gasteiger partial charge in [0.25, 0.3) is 5.91 Å². The summed E-state index contributed by atoms with van der Waals surface area (Å²) in [6, 6.07) is 8.47. The molecule has 3 N–H and O–H groups in total. The van der Waals surface area contributed by atoms with Crippen molar-refractivity contribution in [2.45, 2.75) is 13.8 Å². The van der Waals surface area contributed by atoms with Crippen LogP contribution < -0.4 is 5.73 Å². The Morgan fingerprint density at radius 1 is 1.08 bits per heavy atom. The number of nitrogens with two attached hydrogens (primary N) is 1. The molecule has 2 aromatic rings. The fourth-order valence-corrected chi connectivity index (χ4v) is 2.39. The van der Waals surface area contributed by atoms with Crippen LogP contribution in [0.15, 0.2) is 42.7 Å². The number of carbonyl (C=O) groups is 2. The molecule has 0 aliphatic heterocycles. The summed E-state index contributed by atoms with van der Waals surface area (Å²) in [6.45, 7) is 5.13. The van der Waals surface area contributed by atoms with Gasteiger partial charge in [0, 0.05) is 42.7 Å². The standard InChI is InChI=1S/C18H23N3O2.ClH/c1-18(2,11-19)12-21(3)17(23)14-6-4-13(5-7-14)16(22)15-8-9-20-10-15;/h4-10,20H,11-12,19H2,1-3H3;1H. The number of aromatic amines is 1. The van der Waals surface area contributed by atoms with Crippen LogP contribution >= 0.6 is 12.4 Å². The molecule has 0 aliphatic rings. The second-order valence-corrected chi connectivity index (χ2v) is 6.54. The van der Waals surface area contributed by atoms with Crippen LogP contribution in [0.1, 0.15) is 40.1 Å². The molecule has 0 spiro atoms. The van der Waals surface area contributed by atoms with Gasteiger partial charge in [-0.15, -0.1) is 12.4 Å². The van der Waals surface area contributed by atoms with Crippen LogP contribution in [0.3, 0.4) is 0 Å². The predicted octanol–water partition coefficient (Wildman–Crippen LogP) is 2.72. The van der Waals surface area contributed by atoms with Crippen molar-refractivity contribution in [3.63, 3.8) is 0 Å². The first-order chi connectivity index (χ1) is 10.8. The molecule has 0 saturated heterocycles. The Bertz CT molecular complexity index is 679. The van der Waals surface area contributed by atoms with Crippen LogP contribution in [0, 0.1) is 5.41 Å². The van der Waals surface area contributed by atoms with Crippen molar-refractivity contribution in [1.82, 2.24) is 9.88 Å². The van der Waals surface area contributed by atoms with E-state index in [2.05, 4.69) is 4.98 Å². The lowest BCUT2D eigenvalue weighted by Gasteiger charge is -2.29. The molecule has 2 rings (SSSR count). The Kier molecular flexibility index (Phi) is 6.75. The van der Waals surface area contributed by atoms with Gasteiger partial charge in [-0.25, -0.2) is 0 Å². The minimum Gasteiger partial charge on any atom is -0.367 e. The first-order valence-electron chi connectivity index (χ1n) is 7.57. The lowest BCUT2D eigenvalue weighted by molar-refractivity contribution is 0.0740. The molecule has 1 heterocycles. The average Bonchev–Trinajstić information content (AvgIpc) is 3.07. The molecule has 0 saturated carbocycles. The van der Waals surface area contributed by atoms with E-state index in [1.54, 1.807) is 54.7 Å². The number of halogens is 1. The molecule has 0 atom stereocenters. The minimum absolute atomic E-state index is 0. The summed E-state index contributed by atoms with van der Waals surface area (Å²) in [4.78, 5) is 29.2. The summed E-state index contributed by atoms with van der Waals surface area (Å²) in [7, 11) is 1.76. The largest absolute Gasteiger partial charge is 0.367 e. The SMILES string of the molecule is CN(CC(C)(C)CN)C(=O)c1ccc(C(=O)c2cc[nH]c2)cc1.Cl. The molecule has 1 amide bonds. The fourth-order valence-electron chi connectivity index (χ4n) is 2.39. The molecule has 0 unspecified atom stereocenters. The average molecular weight is 350 g/mol. The number of nitrogens with zero attached hydrogens (tertiary/aromatic N) is 1. The van der Waals surface area contributed by atoms with Crippen molar-refractivity contribution < 1.29 is 9.59 Å². The number of hydrogen-bond donors (Lipinski definition) is 2. The van der Waals surface area contributed by atoms with Gasteiger partial charge in [0.05, 0.1) is 0 Å². The van der Waals surface area contributed by atoms with Gasteiger partial charge in [0.15, 0.2) is 5.78 Å². The zero-order valence-electron chi connectivity index (χ0n) is 14.2. The highest BCUT2D eigenvalue weighted by molar-refractivity contribution is 6.09. The van der Waals surface area contributed by atoms with E-state index in [1.807, 2.05) is 13.8 Å². The molecule has 0 aliphatic carbocycles. The van der Waals surface area contributed by atoms with Crippen LogP contribution in [0.25, 0.3) is 0 Å². The highest BCUT2D eigenvalue weighted by Gasteiger charge is 2.22. The number of rotatable bonds is 6. The summed E-state index contributed by atoms with van der Waals surface area (Å²) < 4.78 is 0. The third-order valence-corrected chi connectivity index (χ3v) is 3.82. The number of nitrogens with one attached hydrogen (secondary N) is 1. The quantitative estimate of drug-likeness (QED) is 0.787. The van der Waals surface area contributed by atoms with E-state index in [1.165, 1.54) is 0 Å². The third kappa shape index (κ3) is 4.69. The number of amides is 1. The van der Waals surface area contributed by atoms with Gasteiger partial charge in [0.2, 0.25) is 0 Å². The fraction of sp³-hybridized carbons (Fsp3) is 0.333. The smallest absolute Gasteiger partial charge is 0.253 e. The van der Waals surface area contributed by atoms with Gasteiger partial charge < -0.3 is 15.6 Å². The summed E-state index contributed by atoms with van der Waals surface area (Å²) in [5, 5.41) is 0. The predicted molar refractivity (Wildman–Crippen MR) is 97.7 cm³/mol. The molecule has 0 fully saturated rings. The van der Waals surface area contributed by atoms with Gasteiger partial charge >= 0.3 is 0 Å². The van der Waals surface area contributed by atoms with Gasteiger partial charge in [-0.05, 0) is 30.2 Å². The van der Waals surface area contributed by atoms with Gasteiger partial charge in [-0.2, -0.15) is 0 Å². The van der Waals surface area contributed by atoms with Gasteiger partial charge in [0.1, 0.15) is 0 Å². The van der Waals surface area contributed by atoms with Crippen molar-refractivity contribution in [3.05, 3.63) is 59.4 Å². The zero-order valence-corrected chi connectivity index (χ0v) is 15.0. The van der Waals surface area contributed by atoms with Gasteiger partial charge in [-0.3, -0.25) is 9.59 Å². The van der Waals surface area contributed by atoms with Crippen molar-refractivity contribution in [2.24, 2.45) is 11.1 Å². The maximum Gasteiger partial charge on any atom is 0.253 e. The Labute approximate surface area is 148 Å². The van der Waals surface area contributed by atoms with Crippen LogP contribution in [-0.4, -0.2) is 41.7 Å². The number of benzene rings is 1. The molecule has 130 valence electrons.